The van der Waals surface area contributed by atoms with E-state index in [-0.39, 0.29) is 11.9 Å². The van der Waals surface area contributed by atoms with Crippen molar-refractivity contribution >= 4 is 5.91 Å². The molecule has 1 amide bonds. The van der Waals surface area contributed by atoms with Crippen LogP contribution in [-0.2, 0) is 11.3 Å². The molecule has 0 bridgehead atoms. The van der Waals surface area contributed by atoms with Crippen molar-refractivity contribution in [3.8, 4) is 0 Å². The summed E-state index contributed by atoms with van der Waals surface area (Å²) in [6.45, 7) is 8.30. The standard InChI is InChI=1S/C19H29N3O2/c1-14(2)18-11-20-19(24-18)13-22(15(3)23)17-9-10-21(12-17)16-7-5-4-6-8-16/h5,7,11,14,16-17H,4,6,8-10,12-13H2,1-3H3/t16-,17-/m0/s1. The summed E-state index contributed by atoms with van der Waals surface area (Å²) in [5, 5.41) is 0. The molecule has 1 aromatic heterocycles. The number of allylic oxidation sites excluding steroid dienone is 1. The van der Waals surface area contributed by atoms with Crippen molar-refractivity contribution in [1.82, 2.24) is 14.8 Å². The van der Waals surface area contributed by atoms with Gasteiger partial charge in [-0.3, -0.25) is 9.69 Å². The van der Waals surface area contributed by atoms with E-state index in [2.05, 4.69) is 35.9 Å². The summed E-state index contributed by atoms with van der Waals surface area (Å²) in [5.74, 6) is 1.95. The molecular formula is C19H29N3O2. The van der Waals surface area contributed by atoms with Crippen molar-refractivity contribution in [2.24, 2.45) is 0 Å². The van der Waals surface area contributed by atoms with Crippen LogP contribution < -0.4 is 0 Å². The molecular weight excluding hydrogens is 302 g/mol. The normalized spacial score (nSPS) is 24.7. The van der Waals surface area contributed by atoms with Gasteiger partial charge in [0.1, 0.15) is 5.76 Å². The molecule has 5 nitrogen and oxygen atoms in total. The molecule has 3 rings (SSSR count). The van der Waals surface area contributed by atoms with Crippen LogP contribution in [0.4, 0.5) is 0 Å². The van der Waals surface area contributed by atoms with E-state index in [1.807, 2.05) is 4.90 Å². The number of amides is 1. The third-order valence-corrected chi connectivity index (χ3v) is 5.18. The lowest BCUT2D eigenvalue weighted by Crippen LogP contribution is -2.42. The lowest BCUT2D eigenvalue weighted by Gasteiger charge is -2.30. The molecule has 0 saturated carbocycles. The van der Waals surface area contributed by atoms with Crippen molar-refractivity contribution < 1.29 is 9.21 Å². The summed E-state index contributed by atoms with van der Waals surface area (Å²) in [6.07, 6.45) is 11.2. The predicted molar refractivity (Wildman–Crippen MR) is 93.6 cm³/mol. The number of hydrogen-bond acceptors (Lipinski definition) is 4. The molecule has 0 unspecified atom stereocenters. The van der Waals surface area contributed by atoms with Crippen LogP contribution in [0.3, 0.4) is 0 Å². The maximum absolute atomic E-state index is 12.2. The molecule has 24 heavy (non-hydrogen) atoms. The van der Waals surface area contributed by atoms with Crippen LogP contribution in [0.1, 0.15) is 64.0 Å². The Morgan fingerprint density at radius 2 is 2.29 bits per heavy atom. The van der Waals surface area contributed by atoms with Crippen LogP contribution in [0.15, 0.2) is 22.8 Å². The van der Waals surface area contributed by atoms with E-state index in [4.69, 9.17) is 4.42 Å². The fourth-order valence-corrected chi connectivity index (χ4v) is 3.73. The van der Waals surface area contributed by atoms with Crippen molar-refractivity contribution in [3.05, 3.63) is 30.0 Å². The topological polar surface area (TPSA) is 49.6 Å². The summed E-state index contributed by atoms with van der Waals surface area (Å²) in [7, 11) is 0. The third kappa shape index (κ3) is 3.89. The maximum Gasteiger partial charge on any atom is 0.220 e. The molecule has 1 aliphatic carbocycles. The Bertz CT molecular complexity index is 593. The van der Waals surface area contributed by atoms with Gasteiger partial charge in [0.2, 0.25) is 11.8 Å². The molecule has 1 aliphatic heterocycles. The summed E-state index contributed by atoms with van der Waals surface area (Å²) < 4.78 is 5.80. The fraction of sp³-hybridized carbons (Fsp3) is 0.684. The maximum atomic E-state index is 12.2. The van der Waals surface area contributed by atoms with Gasteiger partial charge in [-0.25, -0.2) is 4.98 Å². The minimum atomic E-state index is 0.102. The molecule has 2 aliphatic rings. The second-order valence-electron chi connectivity index (χ2n) is 7.32. The van der Waals surface area contributed by atoms with Crippen LogP contribution in [0.25, 0.3) is 0 Å². The average molecular weight is 331 g/mol. The molecule has 2 atom stereocenters. The van der Waals surface area contributed by atoms with E-state index in [9.17, 15) is 4.79 Å². The SMILES string of the molecule is CC(=O)N(Cc1ncc(C(C)C)o1)[C@H]1CCN([C@H]2C=CCCC2)C1. The smallest absolute Gasteiger partial charge is 0.220 e. The predicted octanol–water partition coefficient (Wildman–Crippen LogP) is 3.33. The van der Waals surface area contributed by atoms with E-state index in [0.717, 1.165) is 25.3 Å². The van der Waals surface area contributed by atoms with Crippen molar-refractivity contribution in [2.75, 3.05) is 13.1 Å². The number of nitrogens with zero attached hydrogens (tertiary/aromatic N) is 3. The minimum Gasteiger partial charge on any atom is -0.444 e. The van der Waals surface area contributed by atoms with Crippen LogP contribution in [-0.4, -0.2) is 45.9 Å². The monoisotopic (exact) mass is 331 g/mol. The zero-order chi connectivity index (χ0) is 17.1. The Hall–Kier alpha value is -1.62. The number of hydrogen-bond donors (Lipinski definition) is 0. The summed E-state index contributed by atoms with van der Waals surface area (Å²) in [6, 6.07) is 0.805. The van der Waals surface area contributed by atoms with Gasteiger partial charge in [0, 0.05) is 38.0 Å². The molecule has 1 saturated heterocycles. The number of likely N-dealkylation sites (tertiary alicyclic amines) is 1. The van der Waals surface area contributed by atoms with E-state index in [1.54, 1.807) is 13.1 Å². The quantitative estimate of drug-likeness (QED) is 0.777. The first-order valence-electron chi connectivity index (χ1n) is 9.17. The molecule has 5 heteroatoms. The van der Waals surface area contributed by atoms with E-state index >= 15 is 0 Å². The Labute approximate surface area is 144 Å². The third-order valence-electron chi connectivity index (χ3n) is 5.18. The zero-order valence-electron chi connectivity index (χ0n) is 15.1. The van der Waals surface area contributed by atoms with Crippen LogP contribution in [0, 0.1) is 0 Å². The van der Waals surface area contributed by atoms with Gasteiger partial charge >= 0.3 is 0 Å². The molecule has 2 heterocycles. The van der Waals surface area contributed by atoms with E-state index in [1.165, 1.54) is 19.3 Å². The highest BCUT2D eigenvalue weighted by atomic mass is 16.4. The van der Waals surface area contributed by atoms with Crippen LogP contribution >= 0.6 is 0 Å². The summed E-state index contributed by atoms with van der Waals surface area (Å²) in [5.41, 5.74) is 0. The van der Waals surface area contributed by atoms with Crippen molar-refractivity contribution in [3.63, 3.8) is 0 Å². The first-order valence-corrected chi connectivity index (χ1v) is 9.17. The molecule has 1 fully saturated rings. The van der Waals surface area contributed by atoms with Crippen LogP contribution in [0.5, 0.6) is 0 Å². The second-order valence-corrected chi connectivity index (χ2v) is 7.32. The van der Waals surface area contributed by atoms with Crippen molar-refractivity contribution in [1.29, 1.82) is 0 Å². The number of aromatic nitrogens is 1. The Morgan fingerprint density at radius 3 is 2.92 bits per heavy atom. The van der Waals surface area contributed by atoms with Gasteiger partial charge in [0.25, 0.3) is 0 Å². The Morgan fingerprint density at radius 1 is 1.46 bits per heavy atom. The molecule has 0 spiro atoms. The number of oxazole rings is 1. The molecule has 1 aromatic rings. The van der Waals surface area contributed by atoms with Crippen molar-refractivity contribution in [2.45, 2.75) is 71.0 Å². The summed E-state index contributed by atoms with van der Waals surface area (Å²) >= 11 is 0. The molecule has 0 aromatic carbocycles. The highest BCUT2D eigenvalue weighted by Crippen LogP contribution is 2.25. The highest BCUT2D eigenvalue weighted by Gasteiger charge is 2.33. The van der Waals surface area contributed by atoms with E-state index in [0.29, 0.717) is 24.4 Å². The van der Waals surface area contributed by atoms with E-state index < -0.39 is 0 Å². The average Bonchev–Trinajstić information content (AvgIpc) is 3.23. The minimum absolute atomic E-state index is 0.102. The molecule has 0 N–H and O–H groups in total. The largest absolute Gasteiger partial charge is 0.444 e. The number of rotatable bonds is 5. The highest BCUT2D eigenvalue weighted by molar-refractivity contribution is 5.73. The van der Waals surface area contributed by atoms with Gasteiger partial charge in [-0.15, -0.1) is 0 Å². The van der Waals surface area contributed by atoms with Gasteiger partial charge < -0.3 is 9.32 Å². The molecule has 132 valence electrons. The van der Waals surface area contributed by atoms with Gasteiger partial charge in [-0.2, -0.15) is 0 Å². The zero-order valence-corrected chi connectivity index (χ0v) is 15.1. The lowest BCUT2D eigenvalue weighted by atomic mass is 10.0. The Balaban J connectivity index is 1.64. The first-order chi connectivity index (χ1) is 11.5. The fourth-order valence-electron chi connectivity index (χ4n) is 3.73. The van der Waals surface area contributed by atoms with Gasteiger partial charge in [0.15, 0.2) is 0 Å². The van der Waals surface area contributed by atoms with Gasteiger partial charge in [0.05, 0.1) is 12.7 Å². The summed E-state index contributed by atoms with van der Waals surface area (Å²) in [4.78, 5) is 21.0. The second kappa shape index (κ2) is 7.51. The number of carbonyl (C=O) groups excluding carboxylic acids is 1. The van der Waals surface area contributed by atoms with Crippen LogP contribution in [0.2, 0.25) is 0 Å². The Kier molecular flexibility index (Phi) is 5.39. The molecule has 0 radical (unpaired) electrons. The van der Waals surface area contributed by atoms with Gasteiger partial charge in [-0.1, -0.05) is 26.0 Å². The van der Waals surface area contributed by atoms with Gasteiger partial charge in [-0.05, 0) is 25.7 Å². The first kappa shape index (κ1) is 17.2. The lowest BCUT2D eigenvalue weighted by molar-refractivity contribution is -0.132. The number of carbonyl (C=O) groups is 1.